The molecule has 0 aromatic heterocycles. The molecule has 36 heavy (non-hydrogen) atoms. The number of carbonyl (C=O) groups excluding carboxylic acids is 3. The van der Waals surface area contributed by atoms with E-state index in [0.717, 1.165) is 42.6 Å². The van der Waals surface area contributed by atoms with E-state index in [1.165, 1.54) is 17.2 Å². The molecule has 0 heterocycles. The highest BCUT2D eigenvalue weighted by Crippen LogP contribution is 2.51. The van der Waals surface area contributed by atoms with Gasteiger partial charge in [-0.25, -0.2) is 0 Å². The first kappa shape index (κ1) is 26.4. The maximum atomic E-state index is 13.0. The van der Waals surface area contributed by atoms with Crippen LogP contribution in [0.25, 0.3) is 0 Å². The summed E-state index contributed by atoms with van der Waals surface area (Å²) in [4.78, 5) is 37.8. The number of ether oxygens (including phenoxy) is 1. The van der Waals surface area contributed by atoms with Crippen LogP contribution in [0.4, 0.5) is 0 Å². The minimum absolute atomic E-state index is 0.00704. The minimum atomic E-state index is -0.255. The molecular formula is C31H41NO4. The maximum Gasteiger partial charge on any atom is 0.251 e. The molecule has 2 unspecified atom stereocenters. The summed E-state index contributed by atoms with van der Waals surface area (Å²) in [5.74, 6) is 0.424. The number of rotatable bonds is 10. The predicted octanol–water partition coefficient (Wildman–Crippen LogP) is 5.75. The number of amides is 1. The average molecular weight is 492 g/mol. The lowest BCUT2D eigenvalue weighted by Crippen LogP contribution is -2.31. The number of hydrogen-bond acceptors (Lipinski definition) is 4. The molecule has 1 N–H and O–H groups in total. The van der Waals surface area contributed by atoms with E-state index in [1.807, 2.05) is 0 Å². The fourth-order valence-corrected chi connectivity index (χ4v) is 5.70. The number of nitrogens with one attached hydrogen (secondary N) is 1. The average Bonchev–Trinajstić information content (AvgIpc) is 3.35. The van der Waals surface area contributed by atoms with Crippen molar-refractivity contribution in [3.63, 3.8) is 0 Å². The summed E-state index contributed by atoms with van der Waals surface area (Å²) in [6, 6.07) is 6.57. The van der Waals surface area contributed by atoms with Crippen LogP contribution in [0, 0.1) is 11.8 Å². The standard InChI is InChI=1S/C31H41NO4/c1-7-30(3,4)19-10-13-26(25(16-19)31(5,6)8-2)36-15-9-14-32-29(35)24-18-20(33)17-23-21-11-12-22(27(23)24)28(21)34/h10,13,16,18,21-22H,7-9,11-12,14-15,17H2,1-6H3,(H,32,35). The molecule has 0 radical (unpaired) electrons. The zero-order chi connectivity index (χ0) is 26.3. The van der Waals surface area contributed by atoms with Gasteiger partial charge in [0.25, 0.3) is 5.91 Å². The smallest absolute Gasteiger partial charge is 0.251 e. The van der Waals surface area contributed by atoms with Crippen molar-refractivity contribution in [3.05, 3.63) is 52.1 Å². The van der Waals surface area contributed by atoms with Gasteiger partial charge in [0.1, 0.15) is 11.5 Å². The summed E-state index contributed by atoms with van der Waals surface area (Å²) in [6.45, 7) is 14.4. The second-order valence-corrected chi connectivity index (χ2v) is 11.9. The Morgan fingerprint density at radius 3 is 2.42 bits per heavy atom. The summed E-state index contributed by atoms with van der Waals surface area (Å²) in [7, 11) is 0. The number of ketones is 2. The number of hydrogen-bond donors (Lipinski definition) is 1. The van der Waals surface area contributed by atoms with Gasteiger partial charge in [-0.15, -0.1) is 0 Å². The first-order valence-corrected chi connectivity index (χ1v) is 13.6. The van der Waals surface area contributed by atoms with Crippen LogP contribution in [-0.4, -0.2) is 30.6 Å². The largest absolute Gasteiger partial charge is 0.493 e. The fourth-order valence-electron chi connectivity index (χ4n) is 5.70. The van der Waals surface area contributed by atoms with Gasteiger partial charge < -0.3 is 10.1 Å². The van der Waals surface area contributed by atoms with Crippen molar-refractivity contribution in [2.75, 3.05) is 13.2 Å². The van der Waals surface area contributed by atoms with Gasteiger partial charge in [0.05, 0.1) is 6.61 Å². The summed E-state index contributed by atoms with van der Waals surface area (Å²) in [6.07, 6.45) is 6.06. The second-order valence-electron chi connectivity index (χ2n) is 11.9. The normalized spacial score (nSPS) is 21.6. The maximum absolute atomic E-state index is 13.0. The SMILES string of the molecule is CCC(C)(C)c1ccc(OCCCNC(=O)C2=CC(=O)CC3=C2C2CCC3C2=O)c(C(C)(C)CC)c1. The van der Waals surface area contributed by atoms with Crippen molar-refractivity contribution in [2.24, 2.45) is 11.8 Å². The summed E-state index contributed by atoms with van der Waals surface area (Å²) in [5, 5.41) is 2.95. The Morgan fingerprint density at radius 2 is 1.72 bits per heavy atom. The molecule has 1 aromatic carbocycles. The Labute approximate surface area is 215 Å². The number of Topliss-reactive ketones (excluding diaryl/α,β-unsaturated/α-hetero) is 1. The van der Waals surface area contributed by atoms with Gasteiger partial charge in [-0.3, -0.25) is 14.4 Å². The molecule has 2 atom stereocenters. The van der Waals surface area contributed by atoms with E-state index in [2.05, 4.69) is 65.1 Å². The summed E-state index contributed by atoms with van der Waals surface area (Å²) < 4.78 is 6.22. The third-order valence-electron chi connectivity index (χ3n) is 8.87. The van der Waals surface area contributed by atoms with Crippen LogP contribution < -0.4 is 10.1 Å². The van der Waals surface area contributed by atoms with Crippen molar-refractivity contribution in [1.82, 2.24) is 5.32 Å². The van der Waals surface area contributed by atoms with Crippen LogP contribution >= 0.6 is 0 Å². The Balaban J connectivity index is 1.37. The van der Waals surface area contributed by atoms with E-state index in [-0.39, 0.29) is 46.6 Å². The molecule has 4 rings (SSSR count). The van der Waals surface area contributed by atoms with Gasteiger partial charge in [0.2, 0.25) is 0 Å². The molecule has 1 saturated carbocycles. The van der Waals surface area contributed by atoms with E-state index >= 15 is 0 Å². The zero-order valence-electron chi connectivity index (χ0n) is 22.8. The molecule has 1 fully saturated rings. The first-order chi connectivity index (χ1) is 17.0. The molecule has 3 aliphatic carbocycles. The summed E-state index contributed by atoms with van der Waals surface area (Å²) in [5.41, 5.74) is 4.79. The number of benzene rings is 1. The second kappa shape index (κ2) is 9.99. The third kappa shape index (κ3) is 4.81. The molecule has 194 valence electrons. The fraction of sp³-hybridized carbons (Fsp3) is 0.581. The van der Waals surface area contributed by atoms with E-state index in [4.69, 9.17) is 4.74 Å². The van der Waals surface area contributed by atoms with Crippen molar-refractivity contribution in [1.29, 1.82) is 0 Å². The lowest BCUT2D eigenvalue weighted by molar-refractivity contribution is -0.121. The van der Waals surface area contributed by atoms with Crippen molar-refractivity contribution in [2.45, 2.75) is 90.9 Å². The molecular weight excluding hydrogens is 450 g/mol. The van der Waals surface area contributed by atoms with E-state index < -0.39 is 0 Å². The van der Waals surface area contributed by atoms with Crippen LogP contribution in [0.1, 0.15) is 91.2 Å². The van der Waals surface area contributed by atoms with Gasteiger partial charge in [-0.2, -0.15) is 0 Å². The molecule has 1 amide bonds. The molecule has 5 nitrogen and oxygen atoms in total. The Hall–Kier alpha value is -2.69. The molecule has 1 aromatic rings. The van der Waals surface area contributed by atoms with Crippen molar-refractivity contribution >= 4 is 17.5 Å². The van der Waals surface area contributed by atoms with E-state index in [1.54, 1.807) is 0 Å². The highest BCUT2D eigenvalue weighted by Gasteiger charge is 2.49. The molecule has 0 saturated heterocycles. The highest BCUT2D eigenvalue weighted by atomic mass is 16.5. The third-order valence-corrected chi connectivity index (χ3v) is 8.87. The van der Waals surface area contributed by atoms with Gasteiger partial charge in [0.15, 0.2) is 5.78 Å². The number of fused-ring (bicyclic) bond motifs is 4. The van der Waals surface area contributed by atoms with Gasteiger partial charge in [-0.05, 0) is 71.8 Å². The molecule has 0 spiro atoms. The van der Waals surface area contributed by atoms with Crippen LogP contribution in [0.2, 0.25) is 0 Å². The Morgan fingerprint density at radius 1 is 1.03 bits per heavy atom. The molecule has 2 bridgehead atoms. The summed E-state index contributed by atoms with van der Waals surface area (Å²) >= 11 is 0. The molecule has 0 aliphatic heterocycles. The number of allylic oxidation sites excluding steroid dienone is 2. The minimum Gasteiger partial charge on any atom is -0.493 e. The predicted molar refractivity (Wildman–Crippen MR) is 142 cm³/mol. The monoisotopic (exact) mass is 491 g/mol. The van der Waals surface area contributed by atoms with Gasteiger partial charge in [-0.1, -0.05) is 53.7 Å². The van der Waals surface area contributed by atoms with Crippen LogP contribution in [0.3, 0.4) is 0 Å². The lowest BCUT2D eigenvalue weighted by atomic mass is 9.76. The Kier molecular flexibility index (Phi) is 7.32. The molecule has 5 heteroatoms. The van der Waals surface area contributed by atoms with Crippen LogP contribution in [0.5, 0.6) is 5.75 Å². The van der Waals surface area contributed by atoms with Crippen LogP contribution in [-0.2, 0) is 25.2 Å². The first-order valence-electron chi connectivity index (χ1n) is 13.6. The van der Waals surface area contributed by atoms with E-state index in [0.29, 0.717) is 25.1 Å². The lowest BCUT2D eigenvalue weighted by Gasteiger charge is -2.30. The quantitative estimate of drug-likeness (QED) is 0.423. The van der Waals surface area contributed by atoms with Crippen molar-refractivity contribution in [3.8, 4) is 5.75 Å². The van der Waals surface area contributed by atoms with Gasteiger partial charge >= 0.3 is 0 Å². The Bertz CT molecular complexity index is 1140. The molecule has 3 aliphatic rings. The van der Waals surface area contributed by atoms with Crippen molar-refractivity contribution < 1.29 is 19.1 Å². The number of carbonyl (C=O) groups is 3. The highest BCUT2D eigenvalue weighted by molar-refractivity contribution is 6.12. The van der Waals surface area contributed by atoms with Gasteiger partial charge in [0, 0.05) is 35.9 Å². The van der Waals surface area contributed by atoms with Crippen LogP contribution in [0.15, 0.2) is 41.0 Å². The van der Waals surface area contributed by atoms with E-state index in [9.17, 15) is 14.4 Å². The topological polar surface area (TPSA) is 72.5 Å². The zero-order valence-corrected chi connectivity index (χ0v) is 22.8.